The molecule has 0 amide bonds. The van der Waals surface area contributed by atoms with Gasteiger partial charge in [0.05, 0.1) is 0 Å². The molecule has 1 unspecified atom stereocenters. The van der Waals surface area contributed by atoms with Gasteiger partial charge in [-0.2, -0.15) is 0 Å². The lowest BCUT2D eigenvalue weighted by Gasteiger charge is -2.37. The highest BCUT2D eigenvalue weighted by Gasteiger charge is 2.20. The molecular formula is C22H39IN6. The Morgan fingerprint density at radius 1 is 1.17 bits per heavy atom. The molecular weight excluding hydrogens is 475 g/mol. The Kier molecular flexibility index (Phi) is 11.1. The van der Waals surface area contributed by atoms with Crippen molar-refractivity contribution in [2.75, 3.05) is 63.8 Å². The molecule has 3 rings (SSSR count). The fraction of sp³-hybridized carbons (Fsp3) is 0.727. The molecule has 29 heavy (non-hydrogen) atoms. The minimum Gasteiger partial charge on any atom is -0.357 e. The van der Waals surface area contributed by atoms with E-state index in [9.17, 15) is 0 Å². The quantitative estimate of drug-likeness (QED) is 0.262. The second kappa shape index (κ2) is 13.3. The lowest BCUT2D eigenvalue weighted by atomic mass is 10.0. The minimum absolute atomic E-state index is 0. The maximum Gasteiger partial charge on any atom is 0.194 e. The van der Waals surface area contributed by atoms with E-state index in [1.807, 2.05) is 12.3 Å². The zero-order valence-corrected chi connectivity index (χ0v) is 20.6. The number of anilines is 1. The van der Waals surface area contributed by atoms with Gasteiger partial charge in [-0.3, -0.25) is 4.99 Å². The Labute approximate surface area is 194 Å². The van der Waals surface area contributed by atoms with Gasteiger partial charge in [0, 0.05) is 52.0 Å². The van der Waals surface area contributed by atoms with Crippen LogP contribution in [-0.4, -0.2) is 79.6 Å². The van der Waals surface area contributed by atoms with E-state index >= 15 is 0 Å². The van der Waals surface area contributed by atoms with Crippen molar-refractivity contribution in [1.82, 2.24) is 20.1 Å². The standard InChI is InChI=1S/C22H38N6.HI/c1-3-23-22(25-12-6-7-13-26-14-8-9-20(2)19-26)28-17-15-27(16-18-28)21-10-4-5-11-24-21;/h4-5,10-11,20H,3,6-9,12-19H2,1-2H3,(H,23,25);1H. The van der Waals surface area contributed by atoms with Crippen molar-refractivity contribution in [3.8, 4) is 0 Å². The molecule has 0 bridgehead atoms. The third-order valence-corrected chi connectivity index (χ3v) is 5.77. The van der Waals surface area contributed by atoms with Crippen LogP contribution in [-0.2, 0) is 0 Å². The third-order valence-electron chi connectivity index (χ3n) is 5.77. The van der Waals surface area contributed by atoms with Crippen molar-refractivity contribution >= 4 is 35.8 Å². The zero-order valence-electron chi connectivity index (χ0n) is 18.2. The summed E-state index contributed by atoms with van der Waals surface area (Å²) in [5.74, 6) is 3.03. The summed E-state index contributed by atoms with van der Waals surface area (Å²) in [6, 6.07) is 6.13. The minimum atomic E-state index is 0. The summed E-state index contributed by atoms with van der Waals surface area (Å²) >= 11 is 0. The molecule has 1 aromatic heterocycles. The summed E-state index contributed by atoms with van der Waals surface area (Å²) in [5, 5.41) is 3.48. The fourth-order valence-corrected chi connectivity index (χ4v) is 4.24. The molecule has 0 radical (unpaired) electrons. The molecule has 2 aliphatic heterocycles. The maximum absolute atomic E-state index is 4.91. The van der Waals surface area contributed by atoms with Crippen LogP contribution >= 0.6 is 24.0 Å². The number of nitrogens with one attached hydrogen (secondary N) is 1. The number of piperidine rings is 1. The van der Waals surface area contributed by atoms with Gasteiger partial charge >= 0.3 is 0 Å². The van der Waals surface area contributed by atoms with Crippen LogP contribution in [0.15, 0.2) is 29.4 Å². The molecule has 7 heteroatoms. The molecule has 0 spiro atoms. The molecule has 2 aliphatic rings. The molecule has 3 heterocycles. The van der Waals surface area contributed by atoms with Crippen LogP contribution in [0, 0.1) is 5.92 Å². The number of guanidine groups is 1. The number of aromatic nitrogens is 1. The van der Waals surface area contributed by atoms with Crippen LogP contribution in [0.2, 0.25) is 0 Å². The first-order valence-electron chi connectivity index (χ1n) is 11.2. The largest absolute Gasteiger partial charge is 0.357 e. The van der Waals surface area contributed by atoms with E-state index in [1.54, 1.807) is 0 Å². The van der Waals surface area contributed by atoms with Gasteiger partial charge in [-0.25, -0.2) is 4.98 Å². The number of hydrogen-bond donors (Lipinski definition) is 1. The summed E-state index contributed by atoms with van der Waals surface area (Å²) in [6.45, 7) is 14.2. The topological polar surface area (TPSA) is 47.0 Å². The highest BCUT2D eigenvalue weighted by Crippen LogP contribution is 2.16. The Bertz CT molecular complexity index is 588. The van der Waals surface area contributed by atoms with Gasteiger partial charge in [0.2, 0.25) is 0 Å². The Hall–Kier alpha value is -1.09. The maximum atomic E-state index is 4.91. The van der Waals surface area contributed by atoms with E-state index in [2.05, 4.69) is 51.0 Å². The third kappa shape index (κ3) is 7.92. The zero-order chi connectivity index (χ0) is 19.6. The van der Waals surface area contributed by atoms with Crippen molar-refractivity contribution in [3.63, 3.8) is 0 Å². The van der Waals surface area contributed by atoms with Crippen LogP contribution in [0.4, 0.5) is 5.82 Å². The predicted molar refractivity (Wildman–Crippen MR) is 133 cm³/mol. The van der Waals surface area contributed by atoms with Crippen LogP contribution in [0.5, 0.6) is 0 Å². The fourth-order valence-electron chi connectivity index (χ4n) is 4.24. The average molecular weight is 515 g/mol. The number of pyridine rings is 1. The van der Waals surface area contributed by atoms with Gasteiger partial charge in [-0.1, -0.05) is 13.0 Å². The van der Waals surface area contributed by atoms with Crippen molar-refractivity contribution in [1.29, 1.82) is 0 Å². The van der Waals surface area contributed by atoms with Crippen LogP contribution in [0.3, 0.4) is 0 Å². The first kappa shape index (κ1) is 24.2. The molecule has 1 atom stereocenters. The van der Waals surface area contributed by atoms with Gasteiger partial charge in [-0.15, -0.1) is 24.0 Å². The molecule has 0 aromatic carbocycles. The lowest BCUT2D eigenvalue weighted by Crippen LogP contribution is -2.52. The van der Waals surface area contributed by atoms with E-state index in [1.165, 1.54) is 45.3 Å². The highest BCUT2D eigenvalue weighted by atomic mass is 127. The number of piperazine rings is 1. The number of unbranched alkanes of at least 4 members (excludes halogenated alkanes) is 1. The van der Waals surface area contributed by atoms with Gasteiger partial charge in [-0.05, 0) is 63.7 Å². The smallest absolute Gasteiger partial charge is 0.194 e. The Morgan fingerprint density at radius 3 is 2.69 bits per heavy atom. The van der Waals surface area contributed by atoms with Crippen LogP contribution < -0.4 is 10.2 Å². The molecule has 0 aliphatic carbocycles. The predicted octanol–water partition coefficient (Wildman–Crippen LogP) is 3.30. The normalized spacial score (nSPS) is 21.0. The monoisotopic (exact) mass is 514 g/mol. The summed E-state index contributed by atoms with van der Waals surface area (Å²) in [4.78, 5) is 16.8. The Balaban J connectivity index is 0.00000300. The molecule has 0 saturated carbocycles. The number of nitrogens with zero attached hydrogens (tertiary/aromatic N) is 5. The Morgan fingerprint density at radius 2 is 2.00 bits per heavy atom. The van der Waals surface area contributed by atoms with Gasteiger partial charge in [0.25, 0.3) is 0 Å². The number of hydrogen-bond acceptors (Lipinski definition) is 4. The van der Waals surface area contributed by atoms with E-state index in [0.29, 0.717) is 0 Å². The molecule has 2 fully saturated rings. The summed E-state index contributed by atoms with van der Waals surface area (Å²) in [7, 11) is 0. The second-order valence-electron chi connectivity index (χ2n) is 8.15. The van der Waals surface area contributed by atoms with Crippen LogP contribution in [0.1, 0.15) is 39.5 Å². The highest BCUT2D eigenvalue weighted by molar-refractivity contribution is 14.0. The molecule has 1 N–H and O–H groups in total. The van der Waals surface area contributed by atoms with E-state index < -0.39 is 0 Å². The van der Waals surface area contributed by atoms with Gasteiger partial charge in [0.1, 0.15) is 5.82 Å². The van der Waals surface area contributed by atoms with Crippen molar-refractivity contribution < 1.29 is 0 Å². The van der Waals surface area contributed by atoms with Crippen molar-refractivity contribution in [2.45, 2.75) is 39.5 Å². The molecule has 2 saturated heterocycles. The number of likely N-dealkylation sites (tertiary alicyclic amines) is 1. The van der Waals surface area contributed by atoms with Gasteiger partial charge in [0.15, 0.2) is 5.96 Å². The lowest BCUT2D eigenvalue weighted by molar-refractivity contribution is 0.181. The molecule has 1 aromatic rings. The summed E-state index contributed by atoms with van der Waals surface area (Å²) in [6.07, 6.45) is 7.07. The number of rotatable bonds is 7. The number of halogens is 1. The first-order valence-corrected chi connectivity index (χ1v) is 11.2. The van der Waals surface area contributed by atoms with Crippen molar-refractivity contribution in [3.05, 3.63) is 24.4 Å². The SMILES string of the molecule is CCNC(=NCCCCN1CCCC(C)C1)N1CCN(c2ccccn2)CC1.I. The molecule has 164 valence electrons. The van der Waals surface area contributed by atoms with Gasteiger partial charge < -0.3 is 20.0 Å². The van der Waals surface area contributed by atoms with Crippen LogP contribution in [0.25, 0.3) is 0 Å². The summed E-state index contributed by atoms with van der Waals surface area (Å²) < 4.78 is 0. The van der Waals surface area contributed by atoms with E-state index in [0.717, 1.165) is 57.0 Å². The van der Waals surface area contributed by atoms with E-state index in [-0.39, 0.29) is 24.0 Å². The summed E-state index contributed by atoms with van der Waals surface area (Å²) in [5.41, 5.74) is 0. The molecule has 6 nitrogen and oxygen atoms in total. The van der Waals surface area contributed by atoms with E-state index in [4.69, 9.17) is 4.99 Å². The average Bonchev–Trinajstić information content (AvgIpc) is 2.74. The number of aliphatic imine (C=N–C) groups is 1. The van der Waals surface area contributed by atoms with Crippen molar-refractivity contribution in [2.24, 2.45) is 10.9 Å². The second-order valence-corrected chi connectivity index (χ2v) is 8.15. The first-order chi connectivity index (χ1) is 13.8.